The van der Waals surface area contributed by atoms with Crippen LogP contribution in [0.15, 0.2) is 24.3 Å². The van der Waals surface area contributed by atoms with Gasteiger partial charge in [0.15, 0.2) is 0 Å². The maximum atomic E-state index is 11.4. The summed E-state index contributed by atoms with van der Waals surface area (Å²) in [4.78, 5) is 11.4. The summed E-state index contributed by atoms with van der Waals surface area (Å²) in [5.41, 5.74) is 6.60. The highest BCUT2D eigenvalue weighted by Crippen LogP contribution is 2.14. The Balaban J connectivity index is 2.63. The summed E-state index contributed by atoms with van der Waals surface area (Å²) in [6.07, 6.45) is 0.0850. The van der Waals surface area contributed by atoms with Gasteiger partial charge in [-0.05, 0) is 23.6 Å². The largest absolute Gasteiger partial charge is 0.387 e. The number of carbonyl (C=O) groups is 1. The molecule has 1 rings (SSSR count). The molecule has 3 unspecified atom stereocenters. The average Bonchev–Trinajstić information content (AvgIpc) is 2.46. The van der Waals surface area contributed by atoms with Gasteiger partial charge in [-0.3, -0.25) is 4.79 Å². The van der Waals surface area contributed by atoms with Gasteiger partial charge in [-0.25, -0.2) is 0 Å². The Bertz CT molecular complexity index is 479. The van der Waals surface area contributed by atoms with Crippen LogP contribution >= 0.6 is 0 Å². The lowest BCUT2D eigenvalue weighted by atomic mass is 9.98. The summed E-state index contributed by atoms with van der Waals surface area (Å²) < 4.78 is 0. The van der Waals surface area contributed by atoms with E-state index in [0.29, 0.717) is 11.1 Å². The Labute approximate surface area is 119 Å². The van der Waals surface area contributed by atoms with Crippen LogP contribution in [0, 0.1) is 17.2 Å². The number of aliphatic hydroxyl groups excluding tert-OH is 1. The van der Waals surface area contributed by atoms with Gasteiger partial charge in [-0.2, -0.15) is 5.26 Å². The summed E-state index contributed by atoms with van der Waals surface area (Å²) >= 11 is 0. The highest BCUT2D eigenvalue weighted by atomic mass is 16.3. The monoisotopic (exact) mass is 275 g/mol. The zero-order chi connectivity index (χ0) is 15.1. The SMILES string of the molecule is CCC(C)C(NCC(O)c1ccc(C#N)cc1)C(N)=O. The number of benzene rings is 1. The van der Waals surface area contributed by atoms with E-state index < -0.39 is 18.1 Å². The van der Waals surface area contributed by atoms with E-state index in [0.717, 1.165) is 6.42 Å². The third-order valence-corrected chi connectivity index (χ3v) is 3.48. The number of carbonyl (C=O) groups excluding carboxylic acids is 1. The van der Waals surface area contributed by atoms with Crippen LogP contribution < -0.4 is 11.1 Å². The quantitative estimate of drug-likeness (QED) is 0.693. The summed E-state index contributed by atoms with van der Waals surface area (Å²) in [6, 6.07) is 8.28. The number of nitrogens with zero attached hydrogens (tertiary/aromatic N) is 1. The molecule has 108 valence electrons. The van der Waals surface area contributed by atoms with Gasteiger partial charge in [0.1, 0.15) is 0 Å². The zero-order valence-electron chi connectivity index (χ0n) is 11.8. The van der Waals surface area contributed by atoms with Crippen molar-refractivity contribution in [3.8, 4) is 6.07 Å². The molecule has 4 N–H and O–H groups in total. The van der Waals surface area contributed by atoms with Gasteiger partial charge in [0.25, 0.3) is 0 Å². The predicted molar refractivity (Wildman–Crippen MR) is 76.6 cm³/mol. The fourth-order valence-electron chi connectivity index (χ4n) is 1.95. The lowest BCUT2D eigenvalue weighted by Gasteiger charge is -2.23. The first kappa shape index (κ1) is 16.2. The third-order valence-electron chi connectivity index (χ3n) is 3.48. The Morgan fingerprint density at radius 2 is 2.05 bits per heavy atom. The highest BCUT2D eigenvalue weighted by molar-refractivity contribution is 5.80. The molecule has 0 aliphatic carbocycles. The molecule has 20 heavy (non-hydrogen) atoms. The number of hydrogen-bond donors (Lipinski definition) is 3. The summed E-state index contributed by atoms with van der Waals surface area (Å²) in [5, 5.41) is 21.8. The van der Waals surface area contributed by atoms with Gasteiger partial charge >= 0.3 is 0 Å². The number of nitriles is 1. The van der Waals surface area contributed by atoms with Crippen molar-refractivity contribution in [1.82, 2.24) is 5.32 Å². The van der Waals surface area contributed by atoms with Crippen LogP contribution in [0.1, 0.15) is 37.5 Å². The van der Waals surface area contributed by atoms with Crippen molar-refractivity contribution >= 4 is 5.91 Å². The first-order valence-corrected chi connectivity index (χ1v) is 6.70. The molecule has 1 aromatic rings. The van der Waals surface area contributed by atoms with E-state index in [4.69, 9.17) is 11.0 Å². The summed E-state index contributed by atoms with van der Waals surface area (Å²) in [7, 11) is 0. The molecule has 0 saturated carbocycles. The molecule has 3 atom stereocenters. The fraction of sp³-hybridized carbons (Fsp3) is 0.467. The second-order valence-corrected chi connectivity index (χ2v) is 4.92. The van der Waals surface area contributed by atoms with Crippen molar-refractivity contribution < 1.29 is 9.90 Å². The highest BCUT2D eigenvalue weighted by Gasteiger charge is 2.22. The maximum absolute atomic E-state index is 11.4. The molecule has 0 aliphatic heterocycles. The van der Waals surface area contributed by atoms with E-state index in [9.17, 15) is 9.90 Å². The van der Waals surface area contributed by atoms with Crippen molar-refractivity contribution in [3.05, 3.63) is 35.4 Å². The fourth-order valence-corrected chi connectivity index (χ4v) is 1.95. The molecular formula is C15H21N3O2. The molecule has 1 amide bonds. The van der Waals surface area contributed by atoms with Crippen LogP contribution in [0.3, 0.4) is 0 Å². The van der Waals surface area contributed by atoms with Crippen LogP contribution in [0.2, 0.25) is 0 Å². The normalized spacial score (nSPS) is 15.1. The van der Waals surface area contributed by atoms with Gasteiger partial charge < -0.3 is 16.2 Å². The van der Waals surface area contributed by atoms with E-state index in [1.165, 1.54) is 0 Å². The first-order chi connectivity index (χ1) is 9.49. The van der Waals surface area contributed by atoms with E-state index in [1.807, 2.05) is 19.9 Å². The Hall–Kier alpha value is -1.90. The molecule has 0 spiro atoms. The summed E-state index contributed by atoms with van der Waals surface area (Å²) in [5.74, 6) is -0.299. The average molecular weight is 275 g/mol. The lowest BCUT2D eigenvalue weighted by Crippen LogP contribution is -2.47. The smallest absolute Gasteiger partial charge is 0.234 e. The Morgan fingerprint density at radius 3 is 2.50 bits per heavy atom. The minimum Gasteiger partial charge on any atom is -0.387 e. The molecule has 0 aromatic heterocycles. The molecule has 0 heterocycles. The molecule has 1 aromatic carbocycles. The zero-order valence-corrected chi connectivity index (χ0v) is 11.8. The first-order valence-electron chi connectivity index (χ1n) is 6.70. The van der Waals surface area contributed by atoms with Gasteiger partial charge in [0.2, 0.25) is 5.91 Å². The minimum absolute atomic E-state index is 0.112. The topological polar surface area (TPSA) is 99.1 Å². The van der Waals surface area contributed by atoms with Crippen LogP contribution in [0.5, 0.6) is 0 Å². The third kappa shape index (κ3) is 4.34. The molecule has 0 fully saturated rings. The van der Waals surface area contributed by atoms with Gasteiger partial charge in [0.05, 0.1) is 23.8 Å². The standard InChI is InChI=1S/C15H21N3O2/c1-3-10(2)14(15(17)20)18-9-13(19)12-6-4-11(8-16)5-7-12/h4-7,10,13-14,18-19H,3,9H2,1-2H3,(H2,17,20). The van der Waals surface area contributed by atoms with E-state index in [-0.39, 0.29) is 12.5 Å². The van der Waals surface area contributed by atoms with Crippen molar-refractivity contribution in [2.45, 2.75) is 32.4 Å². The number of primary amides is 1. The van der Waals surface area contributed by atoms with E-state index in [1.54, 1.807) is 24.3 Å². The lowest BCUT2D eigenvalue weighted by molar-refractivity contribution is -0.121. The number of aliphatic hydroxyl groups is 1. The minimum atomic E-state index is -0.742. The van der Waals surface area contributed by atoms with Crippen molar-refractivity contribution in [2.75, 3.05) is 6.54 Å². The maximum Gasteiger partial charge on any atom is 0.234 e. The van der Waals surface area contributed by atoms with Crippen molar-refractivity contribution in [2.24, 2.45) is 11.7 Å². The number of rotatable bonds is 7. The molecule has 0 radical (unpaired) electrons. The van der Waals surface area contributed by atoms with Gasteiger partial charge in [-0.1, -0.05) is 32.4 Å². The number of hydrogen-bond acceptors (Lipinski definition) is 4. The Morgan fingerprint density at radius 1 is 1.45 bits per heavy atom. The van der Waals surface area contributed by atoms with Gasteiger partial charge in [-0.15, -0.1) is 0 Å². The molecule has 0 aliphatic rings. The van der Waals surface area contributed by atoms with Crippen LogP contribution in [-0.4, -0.2) is 23.6 Å². The Kier molecular flexibility index (Phi) is 6.16. The van der Waals surface area contributed by atoms with E-state index in [2.05, 4.69) is 5.32 Å². The van der Waals surface area contributed by atoms with Crippen molar-refractivity contribution in [3.63, 3.8) is 0 Å². The molecule has 5 heteroatoms. The van der Waals surface area contributed by atoms with Crippen LogP contribution in [-0.2, 0) is 4.79 Å². The second-order valence-electron chi connectivity index (χ2n) is 4.92. The van der Waals surface area contributed by atoms with Crippen LogP contribution in [0.25, 0.3) is 0 Å². The van der Waals surface area contributed by atoms with Crippen molar-refractivity contribution in [1.29, 1.82) is 5.26 Å². The predicted octanol–water partition coefficient (Wildman–Crippen LogP) is 1.08. The van der Waals surface area contributed by atoms with E-state index >= 15 is 0 Å². The number of nitrogens with one attached hydrogen (secondary N) is 1. The second kappa shape index (κ2) is 7.63. The molecule has 0 saturated heterocycles. The number of amides is 1. The summed E-state index contributed by atoms with van der Waals surface area (Å²) in [6.45, 7) is 4.17. The van der Waals surface area contributed by atoms with Crippen LogP contribution in [0.4, 0.5) is 0 Å². The number of nitrogens with two attached hydrogens (primary N) is 1. The van der Waals surface area contributed by atoms with Gasteiger partial charge in [0, 0.05) is 6.54 Å². The molecule has 0 bridgehead atoms. The molecule has 5 nitrogen and oxygen atoms in total. The molecular weight excluding hydrogens is 254 g/mol.